The van der Waals surface area contributed by atoms with Gasteiger partial charge < -0.3 is 15.2 Å². The lowest BCUT2D eigenvalue weighted by molar-refractivity contribution is 0.209. The first-order valence-corrected chi connectivity index (χ1v) is 5.74. The predicted octanol–water partition coefficient (Wildman–Crippen LogP) is 3.87. The zero-order valence-corrected chi connectivity index (χ0v) is 10.7. The number of primary amides is 1. The summed E-state index contributed by atoms with van der Waals surface area (Å²) in [7, 11) is 0. The van der Waals surface area contributed by atoms with Crippen molar-refractivity contribution in [2.45, 2.75) is 0 Å². The minimum absolute atomic E-state index is 0.140. The molecule has 0 fully saturated rings. The minimum Gasteiger partial charge on any atom is -0.450 e. The zero-order chi connectivity index (χ0) is 14.7. The van der Waals surface area contributed by atoms with Crippen molar-refractivity contribution in [1.29, 1.82) is 0 Å². The molecule has 0 saturated heterocycles. The largest absolute Gasteiger partial charge is 0.450 e. The average molecular weight is 300 g/mol. The minimum atomic E-state index is -1.10. The van der Waals surface area contributed by atoms with Crippen LogP contribution < -0.4 is 15.2 Å². The summed E-state index contributed by atoms with van der Waals surface area (Å²) in [6, 6.07) is 7.18. The van der Waals surface area contributed by atoms with Crippen molar-refractivity contribution >= 4 is 17.7 Å². The van der Waals surface area contributed by atoms with E-state index in [1.165, 1.54) is 18.2 Å². The van der Waals surface area contributed by atoms with Gasteiger partial charge in [0, 0.05) is 6.07 Å². The molecule has 0 aromatic heterocycles. The zero-order valence-electron chi connectivity index (χ0n) is 9.90. The van der Waals surface area contributed by atoms with E-state index in [4.69, 9.17) is 22.1 Å². The maximum absolute atomic E-state index is 13.7. The Morgan fingerprint density at radius 2 is 1.85 bits per heavy atom. The first-order valence-electron chi connectivity index (χ1n) is 5.36. The number of carbonyl (C=O) groups excluding carboxylic acids is 1. The van der Waals surface area contributed by atoms with E-state index in [9.17, 15) is 13.6 Å². The fourth-order valence-corrected chi connectivity index (χ4v) is 1.60. The molecule has 0 heterocycles. The smallest absolute Gasteiger partial charge is 0.410 e. The SMILES string of the molecule is NC(=O)Oc1ccc(F)cc1Oc1cccc(Cl)c1F. The molecule has 2 N–H and O–H groups in total. The van der Waals surface area contributed by atoms with Crippen LogP contribution in [-0.2, 0) is 0 Å². The topological polar surface area (TPSA) is 61.6 Å². The molecule has 0 aliphatic carbocycles. The second kappa shape index (κ2) is 5.75. The lowest BCUT2D eigenvalue weighted by Gasteiger charge is -2.11. The van der Waals surface area contributed by atoms with Crippen molar-refractivity contribution in [2.24, 2.45) is 5.73 Å². The summed E-state index contributed by atoms with van der Waals surface area (Å²) >= 11 is 5.60. The van der Waals surface area contributed by atoms with Gasteiger partial charge in [-0.05, 0) is 24.3 Å². The number of rotatable bonds is 3. The Balaban J connectivity index is 2.39. The van der Waals surface area contributed by atoms with E-state index in [1.54, 1.807) is 0 Å². The maximum atomic E-state index is 13.7. The second-order valence-corrected chi connectivity index (χ2v) is 4.07. The molecule has 0 saturated carbocycles. The van der Waals surface area contributed by atoms with Gasteiger partial charge in [-0.15, -0.1) is 0 Å². The summed E-state index contributed by atoms with van der Waals surface area (Å²) in [6.45, 7) is 0. The van der Waals surface area contributed by atoms with Gasteiger partial charge in [0.1, 0.15) is 5.82 Å². The Morgan fingerprint density at radius 1 is 1.10 bits per heavy atom. The third-order valence-corrected chi connectivity index (χ3v) is 2.54. The monoisotopic (exact) mass is 299 g/mol. The maximum Gasteiger partial charge on any atom is 0.410 e. The highest BCUT2D eigenvalue weighted by molar-refractivity contribution is 6.30. The number of amides is 1. The normalized spacial score (nSPS) is 10.2. The van der Waals surface area contributed by atoms with Crippen molar-refractivity contribution in [1.82, 2.24) is 0 Å². The summed E-state index contributed by atoms with van der Waals surface area (Å²) < 4.78 is 36.7. The van der Waals surface area contributed by atoms with Crippen molar-refractivity contribution in [3.63, 3.8) is 0 Å². The van der Waals surface area contributed by atoms with Crippen LogP contribution in [0.3, 0.4) is 0 Å². The number of hydrogen-bond acceptors (Lipinski definition) is 3. The highest BCUT2D eigenvalue weighted by Gasteiger charge is 2.14. The van der Waals surface area contributed by atoms with Gasteiger partial charge >= 0.3 is 6.09 Å². The summed E-state index contributed by atoms with van der Waals surface area (Å²) in [4.78, 5) is 10.7. The van der Waals surface area contributed by atoms with Crippen molar-refractivity contribution in [3.05, 3.63) is 53.1 Å². The Bertz CT molecular complexity index is 664. The molecule has 2 aromatic carbocycles. The summed E-state index contributed by atoms with van der Waals surface area (Å²) in [5, 5.41) is -0.156. The fraction of sp³-hybridized carbons (Fsp3) is 0. The molecule has 0 spiro atoms. The van der Waals surface area contributed by atoms with E-state index in [2.05, 4.69) is 4.74 Å². The molecule has 0 aliphatic heterocycles. The molecule has 2 aromatic rings. The van der Waals surface area contributed by atoms with Crippen LogP contribution in [0.15, 0.2) is 36.4 Å². The number of carbonyl (C=O) groups is 1. The first kappa shape index (κ1) is 14.1. The van der Waals surface area contributed by atoms with Crippen LogP contribution in [0.2, 0.25) is 5.02 Å². The number of hydrogen-bond donors (Lipinski definition) is 1. The van der Waals surface area contributed by atoms with Gasteiger partial charge in [0.15, 0.2) is 23.1 Å². The van der Waals surface area contributed by atoms with Gasteiger partial charge in [-0.1, -0.05) is 17.7 Å². The number of ether oxygens (including phenoxy) is 2. The Kier molecular flexibility index (Phi) is 4.05. The highest BCUT2D eigenvalue weighted by Crippen LogP contribution is 2.35. The molecular formula is C13H8ClF2NO3. The molecule has 0 atom stereocenters. The van der Waals surface area contributed by atoms with E-state index in [0.717, 1.165) is 18.2 Å². The van der Waals surface area contributed by atoms with Gasteiger partial charge in [0.25, 0.3) is 0 Å². The number of benzene rings is 2. The summed E-state index contributed by atoms with van der Waals surface area (Å²) in [5.41, 5.74) is 4.87. The Morgan fingerprint density at radius 3 is 2.55 bits per heavy atom. The molecular weight excluding hydrogens is 292 g/mol. The van der Waals surface area contributed by atoms with Crippen molar-refractivity contribution in [3.8, 4) is 17.2 Å². The molecule has 0 radical (unpaired) electrons. The lowest BCUT2D eigenvalue weighted by atomic mass is 10.3. The summed E-state index contributed by atoms with van der Waals surface area (Å²) in [6.07, 6.45) is -1.10. The van der Waals surface area contributed by atoms with Crippen molar-refractivity contribution in [2.75, 3.05) is 0 Å². The van der Waals surface area contributed by atoms with Crippen LogP contribution in [0.25, 0.3) is 0 Å². The lowest BCUT2D eigenvalue weighted by Crippen LogP contribution is -2.16. The van der Waals surface area contributed by atoms with Crippen molar-refractivity contribution < 1.29 is 23.0 Å². The number of nitrogens with two attached hydrogens (primary N) is 1. The standard InChI is InChI=1S/C13H8ClF2NO3/c14-8-2-1-3-10(12(8)16)19-11-6-7(15)4-5-9(11)20-13(17)18/h1-6H,(H2,17,18). The molecule has 4 nitrogen and oxygen atoms in total. The molecule has 104 valence electrons. The van der Waals surface area contributed by atoms with E-state index >= 15 is 0 Å². The molecule has 1 amide bonds. The highest BCUT2D eigenvalue weighted by atomic mass is 35.5. The van der Waals surface area contributed by atoms with E-state index in [0.29, 0.717) is 0 Å². The fourth-order valence-electron chi connectivity index (χ4n) is 1.44. The van der Waals surface area contributed by atoms with Gasteiger partial charge in [-0.25, -0.2) is 13.6 Å². The quantitative estimate of drug-likeness (QED) is 0.936. The molecule has 0 bridgehead atoms. The van der Waals surface area contributed by atoms with Crippen LogP contribution in [0.1, 0.15) is 0 Å². The van der Waals surface area contributed by atoms with Gasteiger partial charge in [-0.2, -0.15) is 0 Å². The summed E-state index contributed by atoms with van der Waals surface area (Å²) in [5.74, 6) is -2.05. The predicted molar refractivity (Wildman–Crippen MR) is 68.1 cm³/mol. The average Bonchev–Trinajstić information content (AvgIpc) is 2.38. The van der Waals surface area contributed by atoms with Crippen LogP contribution in [0.4, 0.5) is 13.6 Å². The molecule has 7 heteroatoms. The Labute approximate surface area is 117 Å². The molecule has 2 rings (SSSR count). The number of halogens is 3. The molecule has 0 unspecified atom stereocenters. The van der Waals surface area contributed by atoms with Crippen LogP contribution in [-0.4, -0.2) is 6.09 Å². The third-order valence-electron chi connectivity index (χ3n) is 2.25. The Hall–Kier alpha value is -2.34. The van der Waals surface area contributed by atoms with Gasteiger partial charge in [0.05, 0.1) is 5.02 Å². The molecule has 0 aliphatic rings. The second-order valence-electron chi connectivity index (χ2n) is 3.67. The van der Waals surface area contributed by atoms with Crippen LogP contribution >= 0.6 is 11.6 Å². The van der Waals surface area contributed by atoms with Gasteiger partial charge in [-0.3, -0.25) is 0 Å². The van der Waals surface area contributed by atoms with E-state index in [-0.39, 0.29) is 22.3 Å². The van der Waals surface area contributed by atoms with E-state index in [1.807, 2.05) is 0 Å². The third kappa shape index (κ3) is 3.16. The van der Waals surface area contributed by atoms with E-state index < -0.39 is 17.7 Å². The first-order chi connectivity index (χ1) is 9.47. The van der Waals surface area contributed by atoms with Gasteiger partial charge in [0.2, 0.25) is 0 Å². The van der Waals surface area contributed by atoms with Crippen LogP contribution in [0.5, 0.6) is 17.2 Å². The molecule has 20 heavy (non-hydrogen) atoms. The van der Waals surface area contributed by atoms with Crippen LogP contribution in [0, 0.1) is 11.6 Å².